The van der Waals surface area contributed by atoms with Gasteiger partial charge in [0.2, 0.25) is 5.88 Å². The fourth-order valence-corrected chi connectivity index (χ4v) is 4.10. The SMILES string of the molecule is C[C@@H]1[C@H](N2CCOCC2)CCN1C(=O)c1ccc(OCc2ccccc2)nc1. The number of morpholine rings is 1. The number of ether oxygens (including phenoxy) is 2. The van der Waals surface area contributed by atoms with Crippen molar-refractivity contribution < 1.29 is 14.3 Å². The van der Waals surface area contributed by atoms with Crippen LogP contribution < -0.4 is 4.74 Å². The third-order valence-corrected chi connectivity index (χ3v) is 5.70. The molecule has 0 unspecified atom stereocenters. The molecule has 28 heavy (non-hydrogen) atoms. The molecular weight excluding hydrogens is 354 g/mol. The molecule has 0 bridgehead atoms. The molecule has 0 aliphatic carbocycles. The lowest BCUT2D eigenvalue weighted by atomic mass is 10.1. The summed E-state index contributed by atoms with van der Waals surface area (Å²) in [4.78, 5) is 21.7. The van der Waals surface area contributed by atoms with Crippen LogP contribution in [0.1, 0.15) is 29.3 Å². The number of carbonyl (C=O) groups excluding carboxylic acids is 1. The number of pyridine rings is 1. The fraction of sp³-hybridized carbons (Fsp3) is 0.455. The van der Waals surface area contributed by atoms with Crippen molar-refractivity contribution in [2.45, 2.75) is 32.0 Å². The molecule has 148 valence electrons. The number of hydrogen-bond donors (Lipinski definition) is 0. The predicted octanol–water partition coefficient (Wildman–Crippen LogP) is 2.60. The van der Waals surface area contributed by atoms with Gasteiger partial charge in [-0.25, -0.2) is 4.98 Å². The van der Waals surface area contributed by atoms with Gasteiger partial charge >= 0.3 is 0 Å². The van der Waals surface area contributed by atoms with Gasteiger partial charge in [-0.05, 0) is 25.0 Å². The maximum Gasteiger partial charge on any atom is 0.255 e. The van der Waals surface area contributed by atoms with E-state index in [1.54, 1.807) is 12.3 Å². The summed E-state index contributed by atoms with van der Waals surface area (Å²) in [5, 5.41) is 0. The van der Waals surface area contributed by atoms with E-state index < -0.39 is 0 Å². The van der Waals surface area contributed by atoms with Gasteiger partial charge in [-0.15, -0.1) is 0 Å². The molecular formula is C22H27N3O3. The Morgan fingerprint density at radius 2 is 1.93 bits per heavy atom. The molecule has 1 aromatic carbocycles. The standard InChI is InChI=1S/C22H27N3O3/c1-17-20(24-11-13-27-14-12-24)9-10-25(17)22(26)19-7-8-21(23-15-19)28-16-18-5-3-2-4-6-18/h2-8,15,17,20H,9-14,16H2,1H3/t17-,20-/m1/s1. The zero-order valence-electron chi connectivity index (χ0n) is 16.3. The maximum absolute atomic E-state index is 13.0. The fourth-order valence-electron chi connectivity index (χ4n) is 4.10. The van der Waals surface area contributed by atoms with Gasteiger partial charge in [0.05, 0.1) is 18.8 Å². The molecule has 1 aromatic heterocycles. The zero-order chi connectivity index (χ0) is 19.3. The van der Waals surface area contributed by atoms with Crippen LogP contribution >= 0.6 is 0 Å². The van der Waals surface area contributed by atoms with Crippen LogP contribution in [-0.2, 0) is 11.3 Å². The number of carbonyl (C=O) groups is 1. The Hall–Kier alpha value is -2.44. The molecule has 4 rings (SSSR count). The molecule has 0 radical (unpaired) electrons. The van der Waals surface area contributed by atoms with Gasteiger partial charge < -0.3 is 14.4 Å². The first-order valence-electron chi connectivity index (χ1n) is 9.98. The van der Waals surface area contributed by atoms with Crippen molar-refractivity contribution in [2.75, 3.05) is 32.8 Å². The van der Waals surface area contributed by atoms with Gasteiger partial charge in [0, 0.05) is 44.0 Å². The summed E-state index contributed by atoms with van der Waals surface area (Å²) in [6, 6.07) is 14.2. The van der Waals surface area contributed by atoms with E-state index in [9.17, 15) is 4.79 Å². The third-order valence-electron chi connectivity index (χ3n) is 5.70. The first-order chi connectivity index (χ1) is 13.7. The molecule has 0 saturated carbocycles. The molecule has 2 aliphatic rings. The molecule has 0 N–H and O–H groups in total. The van der Waals surface area contributed by atoms with Crippen LogP contribution in [0.3, 0.4) is 0 Å². The smallest absolute Gasteiger partial charge is 0.255 e. The summed E-state index contributed by atoms with van der Waals surface area (Å²) < 4.78 is 11.2. The topological polar surface area (TPSA) is 54.9 Å². The number of hydrogen-bond acceptors (Lipinski definition) is 5. The van der Waals surface area contributed by atoms with E-state index in [1.807, 2.05) is 41.3 Å². The van der Waals surface area contributed by atoms with Crippen LogP contribution in [0.5, 0.6) is 5.88 Å². The second-order valence-corrected chi connectivity index (χ2v) is 7.40. The monoisotopic (exact) mass is 381 g/mol. The summed E-state index contributed by atoms with van der Waals surface area (Å²) >= 11 is 0. The largest absolute Gasteiger partial charge is 0.473 e. The van der Waals surface area contributed by atoms with E-state index >= 15 is 0 Å². The number of aromatic nitrogens is 1. The third kappa shape index (κ3) is 4.18. The highest BCUT2D eigenvalue weighted by atomic mass is 16.5. The Labute approximate surface area is 166 Å². The van der Waals surface area contributed by atoms with Crippen LogP contribution in [0, 0.1) is 0 Å². The molecule has 6 heteroatoms. The molecule has 2 aliphatic heterocycles. The normalized spacial score (nSPS) is 23.0. The predicted molar refractivity (Wildman–Crippen MR) is 106 cm³/mol. The van der Waals surface area contributed by atoms with Crippen molar-refractivity contribution in [1.29, 1.82) is 0 Å². The average Bonchev–Trinajstić information content (AvgIpc) is 3.15. The Bertz CT molecular complexity index is 775. The molecule has 2 atom stereocenters. The van der Waals surface area contributed by atoms with E-state index in [0.717, 1.165) is 44.8 Å². The average molecular weight is 381 g/mol. The lowest BCUT2D eigenvalue weighted by molar-refractivity contribution is 0.0104. The summed E-state index contributed by atoms with van der Waals surface area (Å²) in [5.41, 5.74) is 1.70. The van der Waals surface area contributed by atoms with Crippen LogP contribution in [-0.4, -0.2) is 65.6 Å². The second kappa shape index (κ2) is 8.71. The Balaban J connectivity index is 1.35. The molecule has 1 amide bonds. The first kappa shape index (κ1) is 18.9. The summed E-state index contributed by atoms with van der Waals surface area (Å²) in [7, 11) is 0. The van der Waals surface area contributed by atoms with Crippen molar-refractivity contribution >= 4 is 5.91 Å². The molecule has 2 fully saturated rings. The molecule has 2 saturated heterocycles. The van der Waals surface area contributed by atoms with Gasteiger partial charge in [-0.2, -0.15) is 0 Å². The van der Waals surface area contributed by atoms with Crippen molar-refractivity contribution in [2.24, 2.45) is 0 Å². The van der Waals surface area contributed by atoms with Crippen LogP contribution in [0.15, 0.2) is 48.7 Å². The minimum atomic E-state index is 0.0466. The quantitative estimate of drug-likeness (QED) is 0.797. The minimum Gasteiger partial charge on any atom is -0.473 e. The second-order valence-electron chi connectivity index (χ2n) is 7.40. The minimum absolute atomic E-state index is 0.0466. The van der Waals surface area contributed by atoms with Crippen molar-refractivity contribution in [3.05, 3.63) is 59.8 Å². The van der Waals surface area contributed by atoms with Gasteiger partial charge in [-0.3, -0.25) is 9.69 Å². The van der Waals surface area contributed by atoms with Crippen molar-refractivity contribution in [3.63, 3.8) is 0 Å². The maximum atomic E-state index is 13.0. The number of amides is 1. The highest BCUT2D eigenvalue weighted by Crippen LogP contribution is 2.25. The van der Waals surface area contributed by atoms with Crippen molar-refractivity contribution in [1.82, 2.24) is 14.8 Å². The van der Waals surface area contributed by atoms with Crippen LogP contribution in [0.4, 0.5) is 0 Å². The van der Waals surface area contributed by atoms with E-state index in [4.69, 9.17) is 9.47 Å². The molecule has 6 nitrogen and oxygen atoms in total. The Morgan fingerprint density at radius 1 is 1.14 bits per heavy atom. The Morgan fingerprint density at radius 3 is 2.64 bits per heavy atom. The van der Waals surface area contributed by atoms with Crippen molar-refractivity contribution in [3.8, 4) is 5.88 Å². The highest BCUT2D eigenvalue weighted by molar-refractivity contribution is 5.94. The summed E-state index contributed by atoms with van der Waals surface area (Å²) in [5.74, 6) is 0.575. The number of benzene rings is 1. The summed E-state index contributed by atoms with van der Waals surface area (Å²) in [6.07, 6.45) is 2.63. The van der Waals surface area contributed by atoms with E-state index in [-0.39, 0.29) is 11.9 Å². The van der Waals surface area contributed by atoms with E-state index in [2.05, 4.69) is 16.8 Å². The lowest BCUT2D eigenvalue weighted by Crippen LogP contribution is -2.49. The molecule has 0 spiro atoms. The van der Waals surface area contributed by atoms with Crippen LogP contribution in [0.2, 0.25) is 0 Å². The zero-order valence-corrected chi connectivity index (χ0v) is 16.3. The number of likely N-dealkylation sites (tertiary alicyclic amines) is 1. The summed E-state index contributed by atoms with van der Waals surface area (Å²) in [6.45, 7) is 6.87. The van der Waals surface area contributed by atoms with Gasteiger partial charge in [0.1, 0.15) is 6.61 Å². The van der Waals surface area contributed by atoms with Gasteiger partial charge in [0.25, 0.3) is 5.91 Å². The van der Waals surface area contributed by atoms with Crippen LogP contribution in [0.25, 0.3) is 0 Å². The molecule has 2 aromatic rings. The van der Waals surface area contributed by atoms with E-state index in [1.165, 1.54) is 0 Å². The van der Waals surface area contributed by atoms with Gasteiger partial charge in [0.15, 0.2) is 0 Å². The number of rotatable bonds is 5. The number of nitrogens with zero attached hydrogens (tertiary/aromatic N) is 3. The lowest BCUT2D eigenvalue weighted by Gasteiger charge is -2.35. The Kier molecular flexibility index (Phi) is 5.88. The molecule has 3 heterocycles. The highest BCUT2D eigenvalue weighted by Gasteiger charge is 2.38. The first-order valence-corrected chi connectivity index (χ1v) is 9.98. The van der Waals surface area contributed by atoms with E-state index in [0.29, 0.717) is 24.1 Å². The van der Waals surface area contributed by atoms with Gasteiger partial charge in [-0.1, -0.05) is 30.3 Å².